The molecule has 1 amide bonds. The summed E-state index contributed by atoms with van der Waals surface area (Å²) in [5.41, 5.74) is 2.93. The SMILES string of the molecule is CCOc1ccccc1NC(=O)CSc1nnc(COc2ccc(C)cc2C)n1C. The molecular weight excluding hydrogens is 400 g/mol. The first-order chi connectivity index (χ1) is 14.5. The summed E-state index contributed by atoms with van der Waals surface area (Å²) in [7, 11) is 1.87. The van der Waals surface area contributed by atoms with Gasteiger partial charge >= 0.3 is 0 Å². The zero-order valence-electron chi connectivity index (χ0n) is 17.6. The third-order valence-corrected chi connectivity index (χ3v) is 5.43. The van der Waals surface area contributed by atoms with Gasteiger partial charge in [0.15, 0.2) is 11.0 Å². The van der Waals surface area contributed by atoms with Crippen molar-refractivity contribution in [3.63, 3.8) is 0 Å². The highest BCUT2D eigenvalue weighted by atomic mass is 32.2. The van der Waals surface area contributed by atoms with Gasteiger partial charge in [-0.25, -0.2) is 0 Å². The number of anilines is 1. The minimum Gasteiger partial charge on any atom is -0.492 e. The predicted octanol–water partition coefficient (Wildman–Crippen LogP) is 4.14. The number of thioether (sulfide) groups is 1. The third-order valence-electron chi connectivity index (χ3n) is 4.41. The number of carbonyl (C=O) groups excluding carboxylic acids is 1. The number of hydrogen-bond acceptors (Lipinski definition) is 6. The second kappa shape index (κ2) is 10.2. The lowest BCUT2D eigenvalue weighted by atomic mass is 10.1. The van der Waals surface area contributed by atoms with Crippen LogP contribution in [0, 0.1) is 13.8 Å². The molecule has 0 saturated heterocycles. The Kier molecular flexibility index (Phi) is 7.35. The molecule has 0 radical (unpaired) electrons. The maximum absolute atomic E-state index is 12.4. The normalized spacial score (nSPS) is 10.7. The van der Waals surface area contributed by atoms with E-state index in [-0.39, 0.29) is 11.7 Å². The van der Waals surface area contributed by atoms with Crippen LogP contribution < -0.4 is 14.8 Å². The quantitative estimate of drug-likeness (QED) is 0.518. The van der Waals surface area contributed by atoms with Gasteiger partial charge in [0.1, 0.15) is 18.1 Å². The van der Waals surface area contributed by atoms with E-state index in [1.807, 2.05) is 61.9 Å². The first kappa shape index (κ1) is 21.7. The lowest BCUT2D eigenvalue weighted by molar-refractivity contribution is -0.113. The van der Waals surface area contributed by atoms with Crippen LogP contribution in [0.25, 0.3) is 0 Å². The van der Waals surface area contributed by atoms with Gasteiger partial charge in [-0.1, -0.05) is 41.6 Å². The molecule has 0 saturated carbocycles. The van der Waals surface area contributed by atoms with Crippen LogP contribution in [-0.4, -0.2) is 33.0 Å². The molecule has 1 aromatic heterocycles. The lowest BCUT2D eigenvalue weighted by Crippen LogP contribution is -2.15. The van der Waals surface area contributed by atoms with Crippen molar-refractivity contribution in [1.82, 2.24) is 14.8 Å². The highest BCUT2D eigenvalue weighted by Gasteiger charge is 2.13. The minimum atomic E-state index is -0.136. The predicted molar refractivity (Wildman–Crippen MR) is 118 cm³/mol. The largest absolute Gasteiger partial charge is 0.492 e. The molecule has 0 spiro atoms. The molecule has 1 heterocycles. The van der Waals surface area contributed by atoms with Gasteiger partial charge in [0.2, 0.25) is 5.91 Å². The molecule has 3 rings (SSSR count). The zero-order valence-corrected chi connectivity index (χ0v) is 18.5. The van der Waals surface area contributed by atoms with Crippen LogP contribution in [0.15, 0.2) is 47.6 Å². The molecule has 0 fully saturated rings. The number of ether oxygens (including phenoxy) is 2. The van der Waals surface area contributed by atoms with E-state index < -0.39 is 0 Å². The third kappa shape index (κ3) is 5.54. The average Bonchev–Trinajstić information content (AvgIpc) is 3.07. The van der Waals surface area contributed by atoms with E-state index in [0.29, 0.717) is 35.6 Å². The Hall–Kier alpha value is -3.00. The number of aromatic nitrogens is 3. The lowest BCUT2D eigenvalue weighted by Gasteiger charge is -2.11. The monoisotopic (exact) mass is 426 g/mol. The van der Waals surface area contributed by atoms with Crippen molar-refractivity contribution >= 4 is 23.4 Å². The Bertz CT molecular complexity index is 1020. The number of amides is 1. The van der Waals surface area contributed by atoms with E-state index in [1.165, 1.54) is 17.3 Å². The summed E-state index contributed by atoms with van der Waals surface area (Å²) in [5.74, 6) is 2.25. The topological polar surface area (TPSA) is 78.3 Å². The number of aryl methyl sites for hydroxylation is 2. The fourth-order valence-corrected chi connectivity index (χ4v) is 3.60. The van der Waals surface area contributed by atoms with Crippen LogP contribution in [-0.2, 0) is 18.4 Å². The van der Waals surface area contributed by atoms with Gasteiger partial charge in [0, 0.05) is 7.05 Å². The highest BCUT2D eigenvalue weighted by molar-refractivity contribution is 7.99. The first-order valence-corrected chi connectivity index (χ1v) is 10.7. The molecule has 0 aliphatic heterocycles. The molecule has 7 nitrogen and oxygen atoms in total. The maximum Gasteiger partial charge on any atom is 0.234 e. The number of nitrogens with one attached hydrogen (secondary N) is 1. The fourth-order valence-electron chi connectivity index (χ4n) is 2.87. The summed E-state index contributed by atoms with van der Waals surface area (Å²) < 4.78 is 13.3. The molecule has 158 valence electrons. The minimum absolute atomic E-state index is 0.136. The number of nitrogens with zero attached hydrogens (tertiary/aromatic N) is 3. The Morgan fingerprint density at radius 3 is 2.67 bits per heavy atom. The van der Waals surface area contributed by atoms with Crippen LogP contribution in [0.5, 0.6) is 11.5 Å². The van der Waals surface area contributed by atoms with Crippen LogP contribution in [0.3, 0.4) is 0 Å². The Morgan fingerprint density at radius 1 is 1.10 bits per heavy atom. The molecule has 30 heavy (non-hydrogen) atoms. The average molecular weight is 427 g/mol. The summed E-state index contributed by atoms with van der Waals surface area (Å²) in [6.45, 7) is 6.82. The molecule has 2 aromatic carbocycles. The fraction of sp³-hybridized carbons (Fsp3) is 0.318. The molecule has 0 aliphatic rings. The summed E-state index contributed by atoms with van der Waals surface area (Å²) in [6, 6.07) is 13.4. The number of rotatable bonds is 9. The first-order valence-electron chi connectivity index (χ1n) is 9.70. The molecule has 0 atom stereocenters. The number of carbonyl (C=O) groups is 1. The summed E-state index contributed by atoms with van der Waals surface area (Å²) >= 11 is 1.32. The van der Waals surface area contributed by atoms with Gasteiger partial charge in [0.25, 0.3) is 0 Å². The smallest absolute Gasteiger partial charge is 0.234 e. The summed E-state index contributed by atoms with van der Waals surface area (Å²) in [5, 5.41) is 11.9. The van der Waals surface area contributed by atoms with Crippen molar-refractivity contribution in [2.24, 2.45) is 7.05 Å². The summed E-state index contributed by atoms with van der Waals surface area (Å²) in [4.78, 5) is 12.4. The zero-order chi connectivity index (χ0) is 21.5. The molecule has 0 aliphatic carbocycles. The van der Waals surface area contributed by atoms with Crippen LogP contribution in [0.4, 0.5) is 5.69 Å². The van der Waals surface area contributed by atoms with Crippen LogP contribution in [0.2, 0.25) is 0 Å². The maximum atomic E-state index is 12.4. The number of para-hydroxylation sites is 2. The van der Waals surface area contributed by atoms with Gasteiger partial charge in [-0.2, -0.15) is 0 Å². The molecule has 0 bridgehead atoms. The second-order valence-corrected chi connectivity index (χ2v) is 7.72. The van der Waals surface area contributed by atoms with Gasteiger partial charge in [-0.05, 0) is 44.5 Å². The van der Waals surface area contributed by atoms with Crippen LogP contribution >= 0.6 is 11.8 Å². The molecule has 1 N–H and O–H groups in total. The van der Waals surface area contributed by atoms with Crippen molar-refractivity contribution in [3.05, 3.63) is 59.4 Å². The van der Waals surface area contributed by atoms with Crippen molar-refractivity contribution < 1.29 is 14.3 Å². The van der Waals surface area contributed by atoms with E-state index in [0.717, 1.165) is 11.3 Å². The van der Waals surface area contributed by atoms with Crippen LogP contribution in [0.1, 0.15) is 23.9 Å². The van der Waals surface area contributed by atoms with E-state index in [9.17, 15) is 4.79 Å². The molecular formula is C22H26N4O3S. The number of hydrogen-bond donors (Lipinski definition) is 1. The van der Waals surface area contributed by atoms with Crippen molar-refractivity contribution in [2.45, 2.75) is 32.5 Å². The van der Waals surface area contributed by atoms with E-state index in [1.54, 1.807) is 0 Å². The summed E-state index contributed by atoms with van der Waals surface area (Å²) in [6.07, 6.45) is 0. The standard InChI is InChI=1S/C22H26N4O3S/c1-5-28-19-9-7-6-8-17(19)23-21(27)14-30-22-25-24-20(26(22)4)13-29-18-11-10-15(2)12-16(18)3/h6-12H,5,13-14H2,1-4H3,(H,23,27). The Balaban J connectivity index is 1.55. The highest BCUT2D eigenvalue weighted by Crippen LogP contribution is 2.25. The van der Waals surface area contributed by atoms with Gasteiger partial charge < -0.3 is 19.4 Å². The molecule has 8 heteroatoms. The van der Waals surface area contributed by atoms with Crippen molar-refractivity contribution in [3.8, 4) is 11.5 Å². The van der Waals surface area contributed by atoms with Gasteiger partial charge in [0.05, 0.1) is 18.0 Å². The van der Waals surface area contributed by atoms with Gasteiger partial charge in [-0.15, -0.1) is 10.2 Å². The van der Waals surface area contributed by atoms with E-state index >= 15 is 0 Å². The molecule has 3 aromatic rings. The van der Waals surface area contributed by atoms with E-state index in [4.69, 9.17) is 9.47 Å². The van der Waals surface area contributed by atoms with E-state index in [2.05, 4.69) is 28.5 Å². The van der Waals surface area contributed by atoms with Crippen molar-refractivity contribution in [1.29, 1.82) is 0 Å². The Labute approximate surface area is 180 Å². The number of benzene rings is 2. The Morgan fingerprint density at radius 2 is 1.90 bits per heavy atom. The van der Waals surface area contributed by atoms with Crippen molar-refractivity contribution in [2.75, 3.05) is 17.7 Å². The molecule has 0 unspecified atom stereocenters. The second-order valence-electron chi connectivity index (χ2n) is 6.78. The van der Waals surface area contributed by atoms with Gasteiger partial charge in [-0.3, -0.25) is 4.79 Å².